The summed E-state index contributed by atoms with van der Waals surface area (Å²) < 4.78 is 33.7. The molecule has 2 aliphatic heterocycles. The lowest BCUT2D eigenvalue weighted by Gasteiger charge is -2.38. The molecule has 2 aliphatic rings. The minimum atomic E-state index is -3.64. The first kappa shape index (κ1) is 21.9. The van der Waals surface area contributed by atoms with Crippen LogP contribution < -0.4 is 5.32 Å². The van der Waals surface area contributed by atoms with E-state index in [1.54, 1.807) is 6.92 Å². The Bertz CT molecular complexity index is 619. The van der Waals surface area contributed by atoms with E-state index in [0.29, 0.717) is 39.1 Å². The van der Waals surface area contributed by atoms with E-state index in [1.807, 2.05) is 13.8 Å². The molecule has 9 nitrogen and oxygen atoms in total. The number of carbonyl (C=O) groups is 2. The molecule has 2 fully saturated rings. The summed E-state index contributed by atoms with van der Waals surface area (Å²) in [4.78, 5) is 25.7. The third kappa shape index (κ3) is 5.55. The molecule has 0 aromatic rings. The summed E-state index contributed by atoms with van der Waals surface area (Å²) in [6.45, 7) is 7.71. The van der Waals surface area contributed by atoms with Gasteiger partial charge in [0, 0.05) is 45.3 Å². The highest BCUT2D eigenvalue weighted by atomic mass is 32.2. The summed E-state index contributed by atoms with van der Waals surface area (Å²) in [5.41, 5.74) is 0. The molecule has 10 heteroatoms. The number of hydrogen-bond acceptors (Lipinski definition) is 5. The molecule has 2 amide bonds. The topological polar surface area (TPSA) is 99.3 Å². The van der Waals surface area contributed by atoms with Gasteiger partial charge in [0.2, 0.25) is 5.91 Å². The molecule has 2 atom stereocenters. The molecule has 0 aliphatic carbocycles. The molecule has 27 heavy (non-hydrogen) atoms. The van der Waals surface area contributed by atoms with Gasteiger partial charge in [0.15, 0.2) is 0 Å². The van der Waals surface area contributed by atoms with Crippen LogP contribution in [-0.2, 0) is 19.7 Å². The van der Waals surface area contributed by atoms with Crippen LogP contribution in [-0.4, -0.2) is 85.8 Å². The molecule has 2 saturated heterocycles. The average molecular weight is 405 g/mol. The second-order valence-electron chi connectivity index (χ2n) is 7.11. The highest BCUT2D eigenvalue weighted by Gasteiger charge is 2.37. The van der Waals surface area contributed by atoms with E-state index in [1.165, 1.54) is 13.5 Å². The van der Waals surface area contributed by atoms with Gasteiger partial charge in [-0.3, -0.25) is 4.79 Å². The van der Waals surface area contributed by atoms with Crippen molar-refractivity contribution in [3.8, 4) is 0 Å². The molecule has 2 rings (SSSR count). The van der Waals surface area contributed by atoms with Gasteiger partial charge in [-0.05, 0) is 33.1 Å². The second-order valence-corrected chi connectivity index (χ2v) is 9.04. The maximum Gasteiger partial charge on any atom is 0.409 e. The molecule has 0 saturated carbocycles. The molecule has 1 N–H and O–H groups in total. The van der Waals surface area contributed by atoms with E-state index in [-0.39, 0.29) is 37.5 Å². The van der Waals surface area contributed by atoms with Crippen molar-refractivity contribution in [3.05, 3.63) is 0 Å². The highest BCUT2D eigenvalue weighted by molar-refractivity contribution is 7.86. The van der Waals surface area contributed by atoms with E-state index in [9.17, 15) is 18.0 Å². The monoisotopic (exact) mass is 404 g/mol. The standard InChI is InChI=1S/C17H32N4O5S/c1-4-14(3)18-16(22)15-7-6-8-21(13-15)27(24,25)20-11-9-19(10-12-20)17(23)26-5-2/h14-15H,4-13H2,1-3H3,(H,18,22)/t14-,15-/m0/s1. The van der Waals surface area contributed by atoms with Crippen LogP contribution in [0.4, 0.5) is 4.79 Å². The molecule has 0 unspecified atom stereocenters. The molecule has 0 aromatic carbocycles. The van der Waals surface area contributed by atoms with Gasteiger partial charge in [-0.15, -0.1) is 0 Å². The zero-order valence-corrected chi connectivity index (χ0v) is 17.3. The number of carbonyl (C=O) groups excluding carboxylic acids is 2. The summed E-state index contributed by atoms with van der Waals surface area (Å²) in [5.74, 6) is -0.389. The number of amides is 2. The van der Waals surface area contributed by atoms with E-state index in [0.717, 1.165) is 6.42 Å². The second kappa shape index (κ2) is 9.70. The number of piperazine rings is 1. The summed E-state index contributed by atoms with van der Waals surface area (Å²) in [6, 6.07) is 0.0837. The van der Waals surface area contributed by atoms with Crippen LogP contribution in [0.2, 0.25) is 0 Å². The molecule has 0 bridgehead atoms. The van der Waals surface area contributed by atoms with Crippen molar-refractivity contribution < 1.29 is 22.7 Å². The predicted molar refractivity (Wildman–Crippen MR) is 101 cm³/mol. The van der Waals surface area contributed by atoms with Gasteiger partial charge in [0.05, 0.1) is 12.5 Å². The van der Waals surface area contributed by atoms with Crippen LogP contribution in [0.3, 0.4) is 0 Å². The first-order valence-corrected chi connectivity index (χ1v) is 11.2. The molecular formula is C17H32N4O5S. The Hall–Kier alpha value is -1.39. The highest BCUT2D eigenvalue weighted by Crippen LogP contribution is 2.22. The fourth-order valence-corrected chi connectivity index (χ4v) is 4.99. The lowest BCUT2D eigenvalue weighted by molar-refractivity contribution is -0.126. The van der Waals surface area contributed by atoms with Crippen molar-refractivity contribution in [2.24, 2.45) is 5.92 Å². The molecule has 156 valence electrons. The molecule has 0 spiro atoms. The fourth-order valence-electron chi connectivity index (χ4n) is 3.31. The van der Waals surface area contributed by atoms with Crippen LogP contribution in [0.5, 0.6) is 0 Å². The molecular weight excluding hydrogens is 372 g/mol. The van der Waals surface area contributed by atoms with Crippen molar-refractivity contribution >= 4 is 22.2 Å². The zero-order chi connectivity index (χ0) is 20.0. The van der Waals surface area contributed by atoms with Crippen LogP contribution in [0.15, 0.2) is 0 Å². The SMILES string of the molecule is CCOC(=O)N1CCN(S(=O)(=O)N2CCC[C@H](C(=O)N[C@@H](C)CC)C2)CC1. The largest absolute Gasteiger partial charge is 0.450 e. The van der Waals surface area contributed by atoms with Crippen molar-refractivity contribution in [2.75, 3.05) is 45.9 Å². The Morgan fingerprint density at radius 2 is 1.78 bits per heavy atom. The molecule has 0 aromatic heterocycles. The normalized spacial score (nSPS) is 23.7. The molecule has 0 radical (unpaired) electrons. The van der Waals surface area contributed by atoms with Gasteiger partial charge in [-0.25, -0.2) is 4.79 Å². The van der Waals surface area contributed by atoms with Crippen molar-refractivity contribution in [3.63, 3.8) is 0 Å². The summed E-state index contributed by atoms with van der Waals surface area (Å²) in [7, 11) is -3.64. The molecule has 2 heterocycles. The predicted octanol–water partition coefficient (Wildman–Crippen LogP) is 0.632. The van der Waals surface area contributed by atoms with Crippen molar-refractivity contribution in [2.45, 2.75) is 46.1 Å². The summed E-state index contributed by atoms with van der Waals surface area (Å²) in [6.07, 6.45) is 1.80. The van der Waals surface area contributed by atoms with Gasteiger partial charge in [0.25, 0.3) is 10.2 Å². The van der Waals surface area contributed by atoms with Gasteiger partial charge >= 0.3 is 6.09 Å². The van der Waals surface area contributed by atoms with Crippen LogP contribution in [0.1, 0.15) is 40.0 Å². The first-order valence-electron chi connectivity index (χ1n) is 9.76. The van der Waals surface area contributed by atoms with E-state index < -0.39 is 16.3 Å². The van der Waals surface area contributed by atoms with E-state index in [4.69, 9.17) is 4.74 Å². The number of rotatable bonds is 6. The lowest BCUT2D eigenvalue weighted by atomic mass is 9.98. The first-order chi connectivity index (χ1) is 12.8. The van der Waals surface area contributed by atoms with Gasteiger partial charge in [-0.1, -0.05) is 6.92 Å². The number of nitrogens with zero attached hydrogens (tertiary/aromatic N) is 3. The Morgan fingerprint density at radius 3 is 2.37 bits per heavy atom. The number of ether oxygens (including phenoxy) is 1. The van der Waals surface area contributed by atoms with Gasteiger partial charge < -0.3 is 15.0 Å². The van der Waals surface area contributed by atoms with Crippen LogP contribution in [0.25, 0.3) is 0 Å². The Labute approximate surface area is 162 Å². The van der Waals surface area contributed by atoms with Gasteiger partial charge in [0.1, 0.15) is 0 Å². The van der Waals surface area contributed by atoms with Crippen molar-refractivity contribution in [1.29, 1.82) is 0 Å². The van der Waals surface area contributed by atoms with Gasteiger partial charge in [-0.2, -0.15) is 17.0 Å². The number of piperidine rings is 1. The average Bonchev–Trinajstić information content (AvgIpc) is 2.68. The quantitative estimate of drug-likeness (QED) is 0.700. The minimum absolute atomic E-state index is 0.0728. The van der Waals surface area contributed by atoms with E-state index in [2.05, 4.69) is 5.32 Å². The zero-order valence-electron chi connectivity index (χ0n) is 16.5. The smallest absolute Gasteiger partial charge is 0.409 e. The van der Waals surface area contributed by atoms with E-state index >= 15 is 0 Å². The van der Waals surface area contributed by atoms with Crippen LogP contribution >= 0.6 is 0 Å². The van der Waals surface area contributed by atoms with Crippen molar-refractivity contribution in [1.82, 2.24) is 18.8 Å². The Morgan fingerprint density at radius 1 is 1.11 bits per heavy atom. The summed E-state index contributed by atoms with van der Waals surface area (Å²) in [5, 5.41) is 2.95. The summed E-state index contributed by atoms with van der Waals surface area (Å²) >= 11 is 0. The lowest BCUT2D eigenvalue weighted by Crippen LogP contribution is -2.56. The van der Waals surface area contributed by atoms with Crippen LogP contribution in [0, 0.1) is 5.92 Å². The number of nitrogens with one attached hydrogen (secondary N) is 1. The fraction of sp³-hybridized carbons (Fsp3) is 0.882. The third-order valence-corrected chi connectivity index (χ3v) is 7.18. The minimum Gasteiger partial charge on any atom is -0.450 e. The third-order valence-electron chi connectivity index (χ3n) is 5.17. The Kier molecular flexibility index (Phi) is 7.87. The maximum atomic E-state index is 13.0. The maximum absolute atomic E-state index is 13.0. The Balaban J connectivity index is 1.94. The number of hydrogen-bond donors (Lipinski definition) is 1.